The van der Waals surface area contributed by atoms with E-state index < -0.39 is 54.5 Å². The van der Waals surface area contributed by atoms with Gasteiger partial charge in [0.05, 0.1) is 12.8 Å². The maximum Gasteiger partial charge on any atom is 0.336 e. The van der Waals surface area contributed by atoms with Crippen LogP contribution in [0.5, 0.6) is 0 Å². The van der Waals surface area contributed by atoms with Crippen LogP contribution in [0.3, 0.4) is 0 Å². The number of aliphatic carboxylic acids is 2. The van der Waals surface area contributed by atoms with E-state index in [0.29, 0.717) is 0 Å². The van der Waals surface area contributed by atoms with Crippen LogP contribution in [0.25, 0.3) is 0 Å². The third-order valence-corrected chi connectivity index (χ3v) is 2.67. The maximum atomic E-state index is 11.5. The summed E-state index contributed by atoms with van der Waals surface area (Å²) in [7, 11) is 0. The first-order chi connectivity index (χ1) is 9.27. The zero-order valence-corrected chi connectivity index (χ0v) is 11.0. The van der Waals surface area contributed by atoms with Gasteiger partial charge in [0.15, 0.2) is 5.60 Å². The van der Waals surface area contributed by atoms with Gasteiger partial charge in [-0.3, -0.25) is 15.3 Å². The molecule has 0 bridgehead atoms. The number of esters is 1. The van der Waals surface area contributed by atoms with Crippen molar-refractivity contribution >= 4 is 17.9 Å². The second kappa shape index (κ2) is 6.32. The average Bonchev–Trinajstić information content (AvgIpc) is 2.25. The first-order valence-electron chi connectivity index (χ1n) is 5.63. The number of carbonyl (C=O) groups excluding carboxylic acids is 1. The maximum absolute atomic E-state index is 11.5. The van der Waals surface area contributed by atoms with E-state index in [1.54, 1.807) is 0 Å². The van der Waals surface area contributed by atoms with Crippen LogP contribution in [-0.4, -0.2) is 65.8 Å². The molecule has 0 radical (unpaired) electrons. The lowest BCUT2D eigenvalue weighted by molar-refractivity contribution is -0.391. The Morgan fingerprint density at radius 3 is 1.81 bits per heavy atom. The molecule has 0 rings (SSSR count). The van der Waals surface area contributed by atoms with E-state index in [1.807, 2.05) is 0 Å². The minimum Gasteiger partial charge on any atom is -0.481 e. The van der Waals surface area contributed by atoms with Crippen LogP contribution in [0.15, 0.2) is 0 Å². The number of ether oxygens (including phenoxy) is 1. The lowest BCUT2D eigenvalue weighted by atomic mass is 9.95. The molecule has 2 unspecified atom stereocenters. The molecule has 0 saturated heterocycles. The Balaban J connectivity index is 5.11. The SMILES string of the molecule is CCC(N)(OC(=O)CC(O)(CC(=O)O)C(=O)O)C(O)(O)O. The number of hydrogen-bond acceptors (Lipinski definition) is 9. The summed E-state index contributed by atoms with van der Waals surface area (Å²) < 4.78 is 4.35. The van der Waals surface area contributed by atoms with Crippen molar-refractivity contribution in [2.75, 3.05) is 0 Å². The van der Waals surface area contributed by atoms with Gasteiger partial charge >= 0.3 is 23.9 Å². The van der Waals surface area contributed by atoms with E-state index in [4.69, 9.17) is 31.3 Å². The van der Waals surface area contributed by atoms with Gasteiger partial charge in [-0.25, -0.2) is 4.79 Å². The summed E-state index contributed by atoms with van der Waals surface area (Å²) in [6.07, 6.45) is -3.11. The fraction of sp³-hybridized carbons (Fsp3) is 0.700. The summed E-state index contributed by atoms with van der Waals surface area (Å²) in [5, 5.41) is 53.8. The van der Waals surface area contributed by atoms with Crippen LogP contribution in [0.2, 0.25) is 0 Å². The number of carboxylic acid groups (broad SMARTS) is 2. The molecule has 0 aromatic rings. The van der Waals surface area contributed by atoms with Gasteiger partial charge in [0.25, 0.3) is 0 Å². The summed E-state index contributed by atoms with van der Waals surface area (Å²) >= 11 is 0. The molecular weight excluding hydrogens is 294 g/mol. The van der Waals surface area contributed by atoms with Crippen LogP contribution < -0.4 is 5.73 Å². The number of rotatable bonds is 8. The monoisotopic (exact) mass is 311 g/mol. The molecule has 0 heterocycles. The topological polar surface area (TPSA) is 208 Å². The van der Waals surface area contributed by atoms with E-state index >= 15 is 0 Å². The molecular formula is C10H17NO10. The number of carboxylic acids is 2. The van der Waals surface area contributed by atoms with Crippen molar-refractivity contribution in [1.29, 1.82) is 0 Å². The Bertz CT molecular complexity index is 430. The second-order valence-electron chi connectivity index (χ2n) is 4.44. The summed E-state index contributed by atoms with van der Waals surface area (Å²) in [6.45, 7) is 1.21. The molecule has 8 N–H and O–H groups in total. The van der Waals surface area contributed by atoms with Crippen molar-refractivity contribution in [1.82, 2.24) is 0 Å². The van der Waals surface area contributed by atoms with Crippen molar-refractivity contribution in [2.45, 2.75) is 43.5 Å². The Labute approximate surface area is 118 Å². The third-order valence-electron chi connectivity index (χ3n) is 2.67. The smallest absolute Gasteiger partial charge is 0.336 e. The van der Waals surface area contributed by atoms with Crippen LogP contribution in [0.1, 0.15) is 26.2 Å². The molecule has 122 valence electrons. The highest BCUT2D eigenvalue weighted by molar-refractivity contribution is 5.88. The van der Waals surface area contributed by atoms with Crippen molar-refractivity contribution < 1.29 is 49.8 Å². The van der Waals surface area contributed by atoms with E-state index in [2.05, 4.69) is 4.74 Å². The van der Waals surface area contributed by atoms with Crippen LogP contribution in [0.4, 0.5) is 0 Å². The number of aliphatic hydroxyl groups is 4. The van der Waals surface area contributed by atoms with Crippen molar-refractivity contribution in [3.8, 4) is 0 Å². The zero-order chi connectivity index (χ0) is 17.1. The molecule has 11 heteroatoms. The first kappa shape index (κ1) is 19.2. The van der Waals surface area contributed by atoms with Gasteiger partial charge in [-0.05, 0) is 0 Å². The molecule has 0 aliphatic carbocycles. The minimum atomic E-state index is -3.62. The van der Waals surface area contributed by atoms with Gasteiger partial charge in [-0.2, -0.15) is 0 Å². The summed E-state index contributed by atoms with van der Waals surface area (Å²) in [5.74, 6) is -8.86. The van der Waals surface area contributed by atoms with Gasteiger partial charge in [0.2, 0.25) is 5.72 Å². The third kappa shape index (κ3) is 4.91. The number of hydrogen-bond donors (Lipinski definition) is 7. The van der Waals surface area contributed by atoms with E-state index in [0.717, 1.165) is 0 Å². The Hall–Kier alpha value is -1.79. The molecule has 0 aromatic carbocycles. The van der Waals surface area contributed by atoms with Crippen LogP contribution in [0, 0.1) is 0 Å². The lowest BCUT2D eigenvalue weighted by Crippen LogP contribution is -2.63. The van der Waals surface area contributed by atoms with Crippen molar-refractivity contribution in [3.05, 3.63) is 0 Å². The molecule has 21 heavy (non-hydrogen) atoms. The largest absolute Gasteiger partial charge is 0.481 e. The first-order valence-corrected chi connectivity index (χ1v) is 5.63. The summed E-state index contributed by atoms with van der Waals surface area (Å²) in [4.78, 5) is 32.8. The molecule has 2 atom stereocenters. The summed E-state index contributed by atoms with van der Waals surface area (Å²) in [5.41, 5.74) is -0.426. The standard InChI is InChI=1S/C10H17NO10/c1-2-9(11,10(18,19)20)21-6(14)4-8(17,7(15)16)3-5(12)13/h17-20H,2-4,11H2,1H3,(H,12,13)(H,15,16). The Kier molecular flexibility index (Phi) is 5.78. The molecule has 0 spiro atoms. The molecule has 0 fully saturated rings. The predicted molar refractivity (Wildman–Crippen MR) is 62.1 cm³/mol. The highest BCUT2D eigenvalue weighted by Gasteiger charge is 2.50. The molecule has 0 aromatic heterocycles. The lowest BCUT2D eigenvalue weighted by Gasteiger charge is -2.35. The fourth-order valence-corrected chi connectivity index (χ4v) is 1.32. The quantitative estimate of drug-likeness (QED) is 0.176. The predicted octanol–water partition coefficient (Wildman–Crippen LogP) is -3.09. The van der Waals surface area contributed by atoms with Gasteiger partial charge in [0, 0.05) is 6.42 Å². The second-order valence-corrected chi connectivity index (χ2v) is 4.44. The Morgan fingerprint density at radius 1 is 1.05 bits per heavy atom. The van der Waals surface area contributed by atoms with Crippen LogP contribution in [-0.2, 0) is 19.1 Å². The van der Waals surface area contributed by atoms with Crippen molar-refractivity contribution in [2.24, 2.45) is 5.73 Å². The number of carbonyl (C=O) groups is 3. The van der Waals surface area contributed by atoms with Gasteiger partial charge < -0.3 is 35.4 Å². The van der Waals surface area contributed by atoms with E-state index in [-0.39, 0.29) is 0 Å². The minimum absolute atomic E-state index is 0.479. The van der Waals surface area contributed by atoms with Crippen LogP contribution >= 0.6 is 0 Å². The molecule has 0 aliphatic heterocycles. The molecule has 0 aliphatic rings. The highest BCUT2D eigenvalue weighted by Crippen LogP contribution is 2.24. The molecule has 11 nitrogen and oxygen atoms in total. The van der Waals surface area contributed by atoms with Crippen molar-refractivity contribution in [3.63, 3.8) is 0 Å². The van der Waals surface area contributed by atoms with E-state index in [1.165, 1.54) is 6.92 Å². The average molecular weight is 311 g/mol. The Morgan fingerprint density at radius 2 is 1.52 bits per heavy atom. The normalized spacial score (nSPS) is 17.4. The van der Waals surface area contributed by atoms with Gasteiger partial charge in [-0.15, -0.1) is 0 Å². The van der Waals surface area contributed by atoms with Gasteiger partial charge in [0.1, 0.15) is 0 Å². The van der Waals surface area contributed by atoms with E-state index in [9.17, 15) is 19.5 Å². The summed E-state index contributed by atoms with van der Waals surface area (Å²) in [6, 6.07) is 0. The molecule has 0 amide bonds. The fourth-order valence-electron chi connectivity index (χ4n) is 1.32. The number of nitrogens with two attached hydrogens (primary N) is 1. The zero-order valence-electron chi connectivity index (χ0n) is 11.0. The highest BCUT2D eigenvalue weighted by atomic mass is 16.7. The molecule has 0 saturated carbocycles. The van der Waals surface area contributed by atoms with Gasteiger partial charge in [-0.1, -0.05) is 6.92 Å².